The van der Waals surface area contributed by atoms with Gasteiger partial charge < -0.3 is 9.84 Å². The summed E-state index contributed by atoms with van der Waals surface area (Å²) in [5.74, 6) is 0.0808. The van der Waals surface area contributed by atoms with E-state index in [9.17, 15) is 9.18 Å². The number of hydrogen-bond acceptors (Lipinski definition) is 4. The number of hydrogen-bond donors (Lipinski definition) is 1. The molecule has 1 heterocycles. The summed E-state index contributed by atoms with van der Waals surface area (Å²) < 4.78 is 17.9. The maximum Gasteiger partial charge on any atom is 0.251 e. The van der Waals surface area contributed by atoms with Crippen LogP contribution >= 0.6 is 0 Å². The van der Waals surface area contributed by atoms with Crippen LogP contribution in [-0.2, 0) is 6.54 Å². The number of benzene rings is 2. The molecule has 3 aromatic rings. The zero-order chi connectivity index (χ0) is 15.4. The molecule has 0 aliphatic carbocycles. The van der Waals surface area contributed by atoms with Crippen LogP contribution in [-0.4, -0.2) is 16.0 Å². The third kappa shape index (κ3) is 3.17. The molecule has 0 radical (unpaired) electrons. The van der Waals surface area contributed by atoms with Gasteiger partial charge in [0.15, 0.2) is 0 Å². The van der Waals surface area contributed by atoms with Gasteiger partial charge >= 0.3 is 0 Å². The van der Waals surface area contributed by atoms with Crippen molar-refractivity contribution in [2.24, 2.45) is 0 Å². The molecule has 0 saturated carbocycles. The molecule has 0 aliphatic rings. The third-order valence-electron chi connectivity index (χ3n) is 3.01. The first-order valence-electron chi connectivity index (χ1n) is 6.64. The summed E-state index contributed by atoms with van der Waals surface area (Å²) in [5.41, 5.74) is 1.20. The molecule has 1 aromatic heterocycles. The van der Waals surface area contributed by atoms with Crippen LogP contribution < -0.4 is 5.32 Å². The predicted molar refractivity (Wildman–Crippen MR) is 77.3 cm³/mol. The van der Waals surface area contributed by atoms with Crippen molar-refractivity contribution in [2.45, 2.75) is 6.54 Å². The lowest BCUT2D eigenvalue weighted by Gasteiger charge is -2.01. The van der Waals surface area contributed by atoms with Gasteiger partial charge in [-0.15, -0.1) is 0 Å². The van der Waals surface area contributed by atoms with Gasteiger partial charge in [0.2, 0.25) is 11.7 Å². The van der Waals surface area contributed by atoms with Crippen LogP contribution in [0.15, 0.2) is 59.1 Å². The molecule has 110 valence electrons. The van der Waals surface area contributed by atoms with Gasteiger partial charge in [0.25, 0.3) is 5.91 Å². The molecule has 0 spiro atoms. The van der Waals surface area contributed by atoms with Gasteiger partial charge in [0.05, 0.1) is 6.54 Å². The van der Waals surface area contributed by atoms with E-state index >= 15 is 0 Å². The lowest BCUT2D eigenvalue weighted by atomic mass is 10.2. The molecule has 0 atom stereocenters. The van der Waals surface area contributed by atoms with Gasteiger partial charge in [0, 0.05) is 11.1 Å². The van der Waals surface area contributed by atoms with Crippen LogP contribution in [0, 0.1) is 5.82 Å². The Hall–Kier alpha value is -3.02. The Morgan fingerprint density at radius 2 is 1.82 bits per heavy atom. The molecule has 0 fully saturated rings. The van der Waals surface area contributed by atoms with E-state index in [2.05, 4.69) is 15.5 Å². The molecular formula is C16H12FN3O2. The smallest absolute Gasteiger partial charge is 0.251 e. The normalized spacial score (nSPS) is 10.4. The summed E-state index contributed by atoms with van der Waals surface area (Å²) in [6, 6.07) is 14.6. The average molecular weight is 297 g/mol. The summed E-state index contributed by atoms with van der Waals surface area (Å²) >= 11 is 0. The third-order valence-corrected chi connectivity index (χ3v) is 3.01. The van der Waals surface area contributed by atoms with E-state index in [4.69, 9.17) is 4.52 Å². The highest BCUT2D eigenvalue weighted by molar-refractivity contribution is 5.93. The quantitative estimate of drug-likeness (QED) is 0.804. The molecule has 0 saturated heterocycles. The summed E-state index contributed by atoms with van der Waals surface area (Å²) in [5, 5.41) is 6.50. The minimum atomic E-state index is -0.331. The van der Waals surface area contributed by atoms with Gasteiger partial charge in [-0.25, -0.2) is 4.39 Å². The SMILES string of the molecule is O=C(NCc1nc(-c2ccc(F)cc2)no1)c1ccccc1. The maximum absolute atomic E-state index is 12.9. The van der Waals surface area contributed by atoms with Crippen LogP contribution in [0.3, 0.4) is 0 Å². The van der Waals surface area contributed by atoms with Crippen LogP contribution in [0.5, 0.6) is 0 Å². The number of carbonyl (C=O) groups excluding carboxylic acids is 1. The fraction of sp³-hybridized carbons (Fsp3) is 0.0625. The molecule has 3 rings (SSSR count). The van der Waals surface area contributed by atoms with Crippen LogP contribution in [0.25, 0.3) is 11.4 Å². The summed E-state index contributed by atoms with van der Waals surface area (Å²) in [6.45, 7) is 0.127. The summed E-state index contributed by atoms with van der Waals surface area (Å²) in [7, 11) is 0. The highest BCUT2D eigenvalue weighted by atomic mass is 19.1. The molecule has 1 N–H and O–H groups in total. The molecule has 22 heavy (non-hydrogen) atoms. The first kappa shape index (κ1) is 13.9. The number of amides is 1. The number of nitrogens with one attached hydrogen (secondary N) is 1. The molecule has 2 aromatic carbocycles. The number of carbonyl (C=O) groups is 1. The second-order valence-electron chi connectivity index (χ2n) is 4.57. The van der Waals surface area contributed by atoms with E-state index in [-0.39, 0.29) is 24.2 Å². The predicted octanol–water partition coefficient (Wildman–Crippen LogP) is 2.81. The van der Waals surface area contributed by atoms with Crippen LogP contribution in [0.1, 0.15) is 16.2 Å². The maximum atomic E-state index is 12.9. The van der Waals surface area contributed by atoms with E-state index in [0.717, 1.165) is 0 Å². The van der Waals surface area contributed by atoms with E-state index in [1.54, 1.807) is 36.4 Å². The number of rotatable bonds is 4. The van der Waals surface area contributed by atoms with Gasteiger partial charge in [-0.3, -0.25) is 4.79 Å². The highest BCUT2D eigenvalue weighted by Gasteiger charge is 2.10. The Balaban J connectivity index is 1.65. The van der Waals surface area contributed by atoms with E-state index in [1.165, 1.54) is 12.1 Å². The van der Waals surface area contributed by atoms with Crippen molar-refractivity contribution in [1.82, 2.24) is 15.5 Å². The number of aromatic nitrogens is 2. The van der Waals surface area contributed by atoms with Gasteiger partial charge in [-0.2, -0.15) is 4.98 Å². The zero-order valence-corrected chi connectivity index (χ0v) is 11.5. The van der Waals surface area contributed by atoms with Crippen molar-refractivity contribution >= 4 is 5.91 Å². The first-order chi connectivity index (χ1) is 10.7. The van der Waals surface area contributed by atoms with Gasteiger partial charge in [-0.1, -0.05) is 23.4 Å². The Kier molecular flexibility index (Phi) is 3.91. The average Bonchev–Trinajstić information content (AvgIpc) is 3.03. The fourth-order valence-electron chi connectivity index (χ4n) is 1.89. The topological polar surface area (TPSA) is 68.0 Å². The molecule has 1 amide bonds. The van der Waals surface area contributed by atoms with Crippen molar-refractivity contribution in [2.75, 3.05) is 0 Å². The van der Waals surface area contributed by atoms with Crippen molar-refractivity contribution in [3.05, 3.63) is 71.9 Å². The largest absolute Gasteiger partial charge is 0.343 e. The second kappa shape index (κ2) is 6.17. The van der Waals surface area contributed by atoms with Crippen molar-refractivity contribution in [1.29, 1.82) is 0 Å². The molecular weight excluding hydrogens is 285 g/mol. The van der Waals surface area contributed by atoms with Crippen molar-refractivity contribution in [3.8, 4) is 11.4 Å². The lowest BCUT2D eigenvalue weighted by Crippen LogP contribution is -2.22. The standard InChI is InChI=1S/C16H12FN3O2/c17-13-8-6-11(7-9-13)15-19-14(22-20-15)10-18-16(21)12-4-2-1-3-5-12/h1-9H,10H2,(H,18,21). The first-order valence-corrected chi connectivity index (χ1v) is 6.64. The summed E-state index contributed by atoms with van der Waals surface area (Å²) in [4.78, 5) is 16.1. The number of nitrogens with zero attached hydrogens (tertiary/aromatic N) is 2. The Morgan fingerprint density at radius 3 is 2.55 bits per heavy atom. The van der Waals surface area contributed by atoms with E-state index < -0.39 is 0 Å². The Labute approximate surface area is 125 Å². The molecule has 5 nitrogen and oxygen atoms in total. The minimum absolute atomic E-state index is 0.127. The minimum Gasteiger partial charge on any atom is -0.343 e. The van der Waals surface area contributed by atoms with E-state index in [0.29, 0.717) is 17.0 Å². The summed E-state index contributed by atoms with van der Waals surface area (Å²) in [6.07, 6.45) is 0. The molecule has 6 heteroatoms. The van der Waals surface area contributed by atoms with E-state index in [1.807, 2.05) is 6.07 Å². The fourth-order valence-corrected chi connectivity index (χ4v) is 1.89. The van der Waals surface area contributed by atoms with Crippen molar-refractivity contribution < 1.29 is 13.7 Å². The Morgan fingerprint density at radius 1 is 1.09 bits per heavy atom. The van der Waals surface area contributed by atoms with Gasteiger partial charge in [0.1, 0.15) is 5.82 Å². The molecule has 0 aliphatic heterocycles. The van der Waals surface area contributed by atoms with Gasteiger partial charge in [-0.05, 0) is 36.4 Å². The monoisotopic (exact) mass is 297 g/mol. The van der Waals surface area contributed by atoms with Crippen LogP contribution in [0.2, 0.25) is 0 Å². The Bertz CT molecular complexity index is 770. The lowest BCUT2D eigenvalue weighted by molar-refractivity contribution is 0.0946. The molecule has 0 unspecified atom stereocenters. The zero-order valence-electron chi connectivity index (χ0n) is 11.5. The highest BCUT2D eigenvalue weighted by Crippen LogP contribution is 2.16. The number of halogens is 1. The van der Waals surface area contributed by atoms with Crippen molar-refractivity contribution in [3.63, 3.8) is 0 Å². The van der Waals surface area contributed by atoms with Crippen LogP contribution in [0.4, 0.5) is 4.39 Å². The second-order valence-corrected chi connectivity index (χ2v) is 4.57. The molecule has 0 bridgehead atoms.